The molecule has 1 aliphatic heterocycles. The van der Waals surface area contributed by atoms with E-state index in [0.717, 1.165) is 7.11 Å². The van der Waals surface area contributed by atoms with E-state index in [1.54, 1.807) is 30.3 Å². The Hall–Kier alpha value is -3.24. The lowest BCUT2D eigenvalue weighted by Crippen LogP contribution is -2.40. The largest absolute Gasteiger partial charge is 0.473 e. The summed E-state index contributed by atoms with van der Waals surface area (Å²) in [6, 6.07) is 12.9. The van der Waals surface area contributed by atoms with Gasteiger partial charge >= 0.3 is 12.1 Å². The van der Waals surface area contributed by atoms with E-state index in [4.69, 9.17) is 9.57 Å². The molecule has 0 unspecified atom stereocenters. The Balaban J connectivity index is 2.18. The van der Waals surface area contributed by atoms with Gasteiger partial charge < -0.3 is 4.74 Å². The first-order valence-corrected chi connectivity index (χ1v) is 8.77. The molecule has 30 heavy (non-hydrogen) atoms. The fourth-order valence-electron chi connectivity index (χ4n) is 3.06. The van der Waals surface area contributed by atoms with Gasteiger partial charge in [-0.3, -0.25) is 24.3 Å². The van der Waals surface area contributed by atoms with Gasteiger partial charge in [-0.1, -0.05) is 30.3 Å². The molecule has 158 valence electrons. The lowest BCUT2D eigenvalue weighted by molar-refractivity contribution is -0.177. The zero-order chi connectivity index (χ0) is 21.9. The van der Waals surface area contributed by atoms with E-state index >= 15 is 0 Å². The first kappa shape index (κ1) is 21.5. The van der Waals surface area contributed by atoms with Gasteiger partial charge in [0.15, 0.2) is 0 Å². The molecule has 0 aliphatic carbocycles. The third kappa shape index (κ3) is 4.19. The van der Waals surface area contributed by atoms with Crippen LogP contribution in [0.5, 0.6) is 0 Å². The third-order valence-electron chi connectivity index (χ3n) is 4.35. The Labute approximate surface area is 170 Å². The van der Waals surface area contributed by atoms with Crippen molar-refractivity contribution in [2.75, 3.05) is 37.5 Å². The van der Waals surface area contributed by atoms with Crippen LogP contribution in [0.4, 0.5) is 24.5 Å². The smallest absolute Gasteiger partial charge is 0.364 e. The first-order valence-electron chi connectivity index (χ1n) is 8.77. The number of carbonyl (C=O) groups is 2. The molecule has 0 radical (unpaired) electrons. The van der Waals surface area contributed by atoms with Crippen LogP contribution in [0.2, 0.25) is 0 Å². The molecule has 7 nitrogen and oxygen atoms in total. The van der Waals surface area contributed by atoms with Gasteiger partial charge in [-0.2, -0.15) is 18.2 Å². The molecule has 0 atom stereocenters. The predicted molar refractivity (Wildman–Crippen MR) is 103 cm³/mol. The van der Waals surface area contributed by atoms with Gasteiger partial charge in [-0.05, 0) is 18.2 Å². The van der Waals surface area contributed by atoms with Crippen molar-refractivity contribution in [1.82, 2.24) is 0 Å². The van der Waals surface area contributed by atoms with Crippen molar-refractivity contribution in [2.45, 2.75) is 6.18 Å². The Morgan fingerprint density at radius 2 is 1.87 bits per heavy atom. The van der Waals surface area contributed by atoms with Crippen molar-refractivity contribution in [3.05, 3.63) is 59.7 Å². The van der Waals surface area contributed by atoms with E-state index in [2.05, 4.69) is 4.99 Å². The topological polar surface area (TPSA) is 71.4 Å². The average Bonchev–Trinajstić information content (AvgIpc) is 2.85. The number of nitrogens with zero attached hydrogens (tertiary/aromatic N) is 3. The van der Waals surface area contributed by atoms with Gasteiger partial charge in [-0.25, -0.2) is 0 Å². The number of rotatable bonds is 5. The van der Waals surface area contributed by atoms with Gasteiger partial charge in [0.2, 0.25) is 0 Å². The van der Waals surface area contributed by atoms with E-state index < -0.39 is 12.1 Å². The molecule has 2 amide bonds. The Morgan fingerprint density at radius 3 is 2.47 bits per heavy atom. The van der Waals surface area contributed by atoms with E-state index in [0.29, 0.717) is 22.5 Å². The van der Waals surface area contributed by atoms with Crippen molar-refractivity contribution in [1.29, 1.82) is 0 Å². The Kier molecular flexibility index (Phi) is 6.18. The van der Waals surface area contributed by atoms with E-state index in [1.807, 2.05) is 0 Å². The fourth-order valence-corrected chi connectivity index (χ4v) is 3.06. The minimum absolute atomic E-state index is 0.0712. The predicted octanol–water partition coefficient (Wildman–Crippen LogP) is 2.93. The highest BCUT2D eigenvalue weighted by atomic mass is 19.4. The number of hydroxylamine groups is 1. The maximum absolute atomic E-state index is 13.0. The molecule has 0 spiro atoms. The van der Waals surface area contributed by atoms with Crippen LogP contribution in [0, 0.1) is 0 Å². The molecule has 0 aromatic heterocycles. The molecule has 0 saturated carbocycles. The number of amides is 2. The standard InChI is InChI=1S/C20H18F3N3O4/c1-29-12-25-16-9-8-14(26(30-2)19(28)20(21,22)23)10-15(16)18(24-11-17(25)27)13-6-4-3-5-7-13/h3-10H,11-12H2,1-2H3. The van der Waals surface area contributed by atoms with Crippen LogP contribution < -0.4 is 9.96 Å². The highest BCUT2D eigenvalue weighted by Gasteiger charge is 2.44. The molecule has 0 fully saturated rings. The number of fused-ring (bicyclic) bond motifs is 1. The molecule has 2 aromatic rings. The number of halogens is 3. The minimum atomic E-state index is -5.13. The number of aliphatic imine (C=N–C) groups is 1. The maximum Gasteiger partial charge on any atom is 0.473 e. The first-order chi connectivity index (χ1) is 14.3. The molecule has 0 bridgehead atoms. The summed E-state index contributed by atoms with van der Waals surface area (Å²) in [6.45, 7) is -0.245. The summed E-state index contributed by atoms with van der Waals surface area (Å²) in [6.07, 6.45) is -5.13. The summed E-state index contributed by atoms with van der Waals surface area (Å²) in [7, 11) is 2.38. The minimum Gasteiger partial charge on any atom is -0.364 e. The second-order valence-electron chi connectivity index (χ2n) is 6.25. The molecule has 3 rings (SSSR count). The second-order valence-corrected chi connectivity index (χ2v) is 6.25. The van der Waals surface area contributed by atoms with Crippen molar-refractivity contribution in [2.24, 2.45) is 4.99 Å². The Bertz CT molecular complexity index is 977. The quantitative estimate of drug-likeness (QED) is 0.696. The van der Waals surface area contributed by atoms with E-state index in [1.165, 1.54) is 30.2 Å². The fraction of sp³-hybridized carbons (Fsp3) is 0.250. The van der Waals surface area contributed by atoms with Crippen LogP contribution >= 0.6 is 0 Å². The number of benzodiazepines with no additional fused rings is 1. The van der Waals surface area contributed by atoms with Crippen molar-refractivity contribution >= 4 is 28.9 Å². The summed E-state index contributed by atoms with van der Waals surface area (Å²) in [5.41, 5.74) is 1.65. The molecule has 10 heteroatoms. The number of anilines is 2. The summed E-state index contributed by atoms with van der Waals surface area (Å²) in [5, 5.41) is 0.149. The molecular weight excluding hydrogens is 403 g/mol. The molecule has 1 aliphatic rings. The van der Waals surface area contributed by atoms with Gasteiger partial charge in [0.1, 0.15) is 13.3 Å². The van der Waals surface area contributed by atoms with Crippen LogP contribution in [-0.2, 0) is 19.2 Å². The van der Waals surface area contributed by atoms with Gasteiger partial charge in [-0.15, -0.1) is 0 Å². The van der Waals surface area contributed by atoms with Gasteiger partial charge in [0.05, 0.1) is 24.2 Å². The van der Waals surface area contributed by atoms with Crippen LogP contribution in [-0.4, -0.2) is 51.2 Å². The van der Waals surface area contributed by atoms with Crippen LogP contribution in [0.3, 0.4) is 0 Å². The summed E-state index contributed by atoms with van der Waals surface area (Å²) in [4.78, 5) is 34.7. The number of carbonyl (C=O) groups excluding carboxylic acids is 2. The summed E-state index contributed by atoms with van der Waals surface area (Å²) in [5.74, 6) is -2.52. The van der Waals surface area contributed by atoms with Crippen LogP contribution in [0.15, 0.2) is 53.5 Å². The normalized spacial score (nSPS) is 14.1. The molecular formula is C20H18F3N3O4. The number of hydrogen-bond donors (Lipinski definition) is 0. The number of hydrogen-bond acceptors (Lipinski definition) is 5. The third-order valence-corrected chi connectivity index (χ3v) is 4.35. The summed E-state index contributed by atoms with van der Waals surface area (Å²) < 4.78 is 44.0. The van der Waals surface area contributed by atoms with E-state index in [9.17, 15) is 22.8 Å². The summed E-state index contributed by atoms with van der Waals surface area (Å²) >= 11 is 0. The number of benzene rings is 2. The maximum atomic E-state index is 13.0. The second kappa shape index (κ2) is 8.64. The number of methoxy groups -OCH3 is 1. The number of alkyl halides is 3. The molecule has 2 aromatic carbocycles. The number of ether oxygens (including phenoxy) is 1. The van der Waals surface area contributed by atoms with Crippen molar-refractivity contribution < 1.29 is 32.3 Å². The van der Waals surface area contributed by atoms with E-state index in [-0.39, 0.29) is 29.9 Å². The van der Waals surface area contributed by atoms with Crippen LogP contribution in [0.1, 0.15) is 11.1 Å². The van der Waals surface area contributed by atoms with Crippen LogP contribution in [0.25, 0.3) is 0 Å². The molecule has 1 heterocycles. The zero-order valence-electron chi connectivity index (χ0n) is 16.1. The zero-order valence-corrected chi connectivity index (χ0v) is 16.1. The average molecular weight is 421 g/mol. The Morgan fingerprint density at radius 1 is 1.17 bits per heavy atom. The highest BCUT2D eigenvalue weighted by molar-refractivity contribution is 6.20. The molecule has 0 saturated heterocycles. The van der Waals surface area contributed by atoms with Crippen molar-refractivity contribution in [3.63, 3.8) is 0 Å². The highest BCUT2D eigenvalue weighted by Crippen LogP contribution is 2.32. The van der Waals surface area contributed by atoms with Gasteiger partial charge in [0.25, 0.3) is 5.91 Å². The lowest BCUT2D eigenvalue weighted by Gasteiger charge is -2.25. The molecule has 0 N–H and O–H groups in total. The SMILES string of the molecule is COCN1C(=O)CN=C(c2ccccc2)c2cc(N(OC)C(=O)C(F)(F)F)ccc21. The monoisotopic (exact) mass is 421 g/mol. The van der Waals surface area contributed by atoms with Crippen molar-refractivity contribution in [3.8, 4) is 0 Å². The lowest BCUT2D eigenvalue weighted by atomic mass is 9.99. The van der Waals surface area contributed by atoms with Gasteiger partial charge in [0, 0.05) is 18.2 Å².